The van der Waals surface area contributed by atoms with Gasteiger partial charge in [-0.1, -0.05) is 0 Å². The zero-order valence-electron chi connectivity index (χ0n) is 2.99. The van der Waals surface area contributed by atoms with Crippen LogP contribution in [0.3, 0.4) is 0 Å². The van der Waals surface area contributed by atoms with Crippen molar-refractivity contribution in [3.8, 4) is 0 Å². The fourth-order valence-electron chi connectivity index (χ4n) is 0. The summed E-state index contributed by atoms with van der Waals surface area (Å²) in [7, 11) is 0. The fourth-order valence-corrected chi connectivity index (χ4v) is 0. The molecule has 0 radical (unpaired) electrons. The Morgan fingerprint density at radius 1 is 2.50 bits per heavy atom. The predicted octanol–water partition coefficient (Wildman–Crippen LogP) is 0.772. The van der Waals surface area contributed by atoms with E-state index in [1.807, 2.05) is 0 Å². The molecule has 1 nitrogen and oxygen atoms in total. The van der Waals surface area contributed by atoms with E-state index in [2.05, 4.69) is 11.6 Å². The highest BCUT2D eigenvalue weighted by atomic mass is 35.5. The van der Waals surface area contributed by atoms with Crippen molar-refractivity contribution in [2.75, 3.05) is 0 Å². The molecule has 0 saturated carbocycles. The summed E-state index contributed by atoms with van der Waals surface area (Å²) in [6, 6.07) is 0. The van der Waals surface area contributed by atoms with E-state index in [0.717, 1.165) is 0 Å². The Balaban J connectivity index is 2.85. The second-order valence-electron chi connectivity index (χ2n) is 0.355. The van der Waals surface area contributed by atoms with Gasteiger partial charge in [0.1, 0.15) is 0 Å². The van der Waals surface area contributed by atoms with E-state index < -0.39 is 5.24 Å². The van der Waals surface area contributed by atoms with Crippen molar-refractivity contribution in [3.05, 3.63) is 0 Å². The molecule has 0 spiro atoms. The Morgan fingerprint density at radius 3 is 2.75 bits per heavy atom. The van der Waals surface area contributed by atoms with E-state index in [-0.39, 0.29) is 6.90 Å². The predicted molar refractivity (Wildman–Crippen MR) is 16.5 cm³/mol. The first kappa shape index (κ1) is 2.21. The van der Waals surface area contributed by atoms with Gasteiger partial charge in [0, 0.05) is 8.27 Å². The third kappa shape index (κ3) is 1130. The molecule has 24 valence electrons. The number of halogens is 1. The van der Waals surface area contributed by atoms with Gasteiger partial charge >= 0.3 is 0 Å². The summed E-state index contributed by atoms with van der Waals surface area (Å²) >= 11 is 4.64. The van der Waals surface area contributed by atoms with Crippen LogP contribution >= 0.6 is 11.6 Å². The van der Waals surface area contributed by atoms with Gasteiger partial charge < -0.3 is 0 Å². The topological polar surface area (TPSA) is 17.1 Å². The van der Waals surface area contributed by atoms with E-state index >= 15 is 0 Å². The molecule has 0 aromatic rings. The molecule has 0 rings (SSSR count). The van der Waals surface area contributed by atoms with Crippen molar-refractivity contribution < 1.29 is 6.17 Å². The highest BCUT2D eigenvalue weighted by molar-refractivity contribution is 6.62. The van der Waals surface area contributed by atoms with Crippen LogP contribution in [-0.2, 0) is 4.79 Å². The molecule has 0 heterocycles. The van der Waals surface area contributed by atoms with Gasteiger partial charge in [-0.3, -0.25) is 4.79 Å². The zero-order chi connectivity index (χ0) is 4.28. The maximum Gasteiger partial charge on any atom is 0.218 e. The van der Waals surface area contributed by atoms with Crippen LogP contribution in [0.15, 0.2) is 0 Å². The molecule has 0 bridgehead atoms. The zero-order valence-corrected chi connectivity index (χ0v) is 2.75. The van der Waals surface area contributed by atoms with Crippen LogP contribution in [0.4, 0.5) is 0 Å². The highest BCUT2D eigenvalue weighted by Gasteiger charge is 1.67. The summed E-state index contributed by atoms with van der Waals surface area (Å²) in [5.74, 6) is 0. The minimum absolute atomic E-state index is 0.318. The average molecular weight is 79.5 g/mol. The standard InChI is InChI=1S/C2H3ClO/c1-2(3)4/h1H3/i1D. The molecule has 0 atom stereocenters. The van der Waals surface area contributed by atoms with Crippen molar-refractivity contribution in [1.82, 2.24) is 0 Å². The third-order valence-corrected chi connectivity index (χ3v) is 0. The van der Waals surface area contributed by atoms with Crippen LogP contribution in [0.25, 0.3) is 0 Å². The summed E-state index contributed by atoms with van der Waals surface area (Å²) < 4.78 is 6.18. The summed E-state index contributed by atoms with van der Waals surface area (Å²) in [5.41, 5.74) is 0. The molecule has 0 amide bonds. The lowest BCUT2D eigenvalue weighted by Crippen LogP contribution is -1.62. The molecular weight excluding hydrogens is 75.5 g/mol. The van der Waals surface area contributed by atoms with Crippen LogP contribution in [0.2, 0.25) is 0 Å². The van der Waals surface area contributed by atoms with Crippen LogP contribution in [0.1, 0.15) is 8.27 Å². The van der Waals surface area contributed by atoms with Crippen LogP contribution in [-0.4, -0.2) is 5.24 Å². The summed E-state index contributed by atoms with van der Waals surface area (Å²) in [4.78, 5) is 9.39. The molecule has 0 saturated heterocycles. The SMILES string of the molecule is [2H]CC(=O)Cl. The number of hydrogen-bond donors (Lipinski definition) is 0. The largest absolute Gasteiger partial charge is 0.282 e. The van der Waals surface area contributed by atoms with Crippen molar-refractivity contribution >= 4 is 16.8 Å². The molecule has 0 aliphatic heterocycles. The van der Waals surface area contributed by atoms with Gasteiger partial charge in [0.05, 0.1) is 0 Å². The summed E-state index contributed by atoms with van der Waals surface area (Å²) in [6.07, 6.45) is 0. The lowest BCUT2D eigenvalue weighted by molar-refractivity contribution is -0.109. The molecule has 0 fully saturated rings. The van der Waals surface area contributed by atoms with Gasteiger partial charge in [0.2, 0.25) is 5.24 Å². The van der Waals surface area contributed by atoms with Gasteiger partial charge in [-0.25, -0.2) is 0 Å². The molecule has 4 heavy (non-hydrogen) atoms. The maximum atomic E-state index is 9.39. The van der Waals surface area contributed by atoms with Gasteiger partial charge in [-0.15, -0.1) is 0 Å². The van der Waals surface area contributed by atoms with E-state index in [1.165, 1.54) is 0 Å². The summed E-state index contributed by atoms with van der Waals surface area (Å²) in [6.45, 7) is -0.318. The molecule has 0 N–H and O–H groups in total. The molecule has 2 heteroatoms. The highest BCUT2D eigenvalue weighted by Crippen LogP contribution is 1.67. The number of rotatable bonds is 0. The first-order valence-corrected chi connectivity index (χ1v) is 1.12. The molecule has 0 aliphatic carbocycles. The Morgan fingerprint density at radius 2 is 2.75 bits per heavy atom. The van der Waals surface area contributed by atoms with E-state index in [4.69, 9.17) is 1.37 Å². The van der Waals surface area contributed by atoms with Gasteiger partial charge in [-0.2, -0.15) is 0 Å². The smallest absolute Gasteiger partial charge is 0.218 e. The average Bonchev–Trinajstić information content (AvgIpc) is 1.38. The van der Waals surface area contributed by atoms with Crippen molar-refractivity contribution in [3.63, 3.8) is 0 Å². The minimum atomic E-state index is -0.606. The van der Waals surface area contributed by atoms with Crippen LogP contribution in [0, 0.1) is 0 Å². The Kier molecular flexibility index (Phi) is 0.718. The van der Waals surface area contributed by atoms with E-state index in [1.54, 1.807) is 0 Å². The minimum Gasteiger partial charge on any atom is -0.282 e. The first-order valence-electron chi connectivity index (χ1n) is 1.45. The Labute approximate surface area is 31.0 Å². The molecule has 0 aliphatic rings. The van der Waals surface area contributed by atoms with Crippen molar-refractivity contribution in [2.24, 2.45) is 0 Å². The Hall–Kier alpha value is -0.0400. The molecule has 0 unspecified atom stereocenters. The molecule has 0 aromatic carbocycles. The number of hydrogen-bond acceptors (Lipinski definition) is 1. The second kappa shape index (κ2) is 1.30. The lowest BCUT2D eigenvalue weighted by Gasteiger charge is -1.52. The summed E-state index contributed by atoms with van der Waals surface area (Å²) in [5, 5.41) is -0.606. The quantitative estimate of drug-likeness (QED) is 0.392. The normalized spacial score (nSPS) is 9.75. The van der Waals surface area contributed by atoms with Crippen molar-refractivity contribution in [1.29, 1.82) is 0 Å². The monoisotopic (exact) mass is 79.0 g/mol. The molecule has 0 aromatic heterocycles. The molecular formula is C2H3ClO. The van der Waals surface area contributed by atoms with Crippen LogP contribution < -0.4 is 0 Å². The fraction of sp³-hybridized carbons (Fsp3) is 0.500. The van der Waals surface area contributed by atoms with Gasteiger partial charge in [0.15, 0.2) is 0 Å². The van der Waals surface area contributed by atoms with E-state index in [0.29, 0.717) is 0 Å². The van der Waals surface area contributed by atoms with Gasteiger partial charge in [-0.05, 0) is 11.6 Å². The van der Waals surface area contributed by atoms with Crippen molar-refractivity contribution in [2.45, 2.75) is 6.90 Å². The van der Waals surface area contributed by atoms with Crippen LogP contribution in [0.5, 0.6) is 0 Å². The maximum absolute atomic E-state index is 9.39. The third-order valence-electron chi connectivity index (χ3n) is 0. The number of carbonyl (C=O) groups excluding carboxylic acids is 1. The lowest BCUT2D eigenvalue weighted by atomic mass is 10.9. The second-order valence-corrected chi connectivity index (χ2v) is 0.777. The van der Waals surface area contributed by atoms with E-state index in [9.17, 15) is 4.79 Å². The number of carbonyl (C=O) groups is 1. The van der Waals surface area contributed by atoms with Gasteiger partial charge in [0.25, 0.3) is 0 Å². The Bertz CT molecular complexity index is 44.9. The first-order chi connectivity index (χ1) is 2.27.